The molecule has 2 amide bonds. The number of anilines is 1. The molecule has 7 heteroatoms. The van der Waals surface area contributed by atoms with Crippen LogP contribution in [0.4, 0.5) is 5.69 Å². The molecule has 0 radical (unpaired) electrons. The van der Waals surface area contributed by atoms with Gasteiger partial charge in [-0.15, -0.1) is 0 Å². The minimum Gasteiger partial charge on any atom is -0.451 e. The van der Waals surface area contributed by atoms with Gasteiger partial charge in [0.05, 0.1) is 34.3 Å². The second-order valence-corrected chi connectivity index (χ2v) is 11.8. The third kappa shape index (κ3) is 4.23. The second-order valence-electron chi connectivity index (χ2n) is 11.8. The molecule has 1 aromatic heterocycles. The molecule has 3 aliphatic rings. The van der Waals surface area contributed by atoms with E-state index in [1.807, 2.05) is 43.3 Å². The number of esters is 1. The molecule has 210 valence electrons. The number of carbonyl (C=O) groups excluding carboxylic acids is 4. The van der Waals surface area contributed by atoms with Gasteiger partial charge in [0.15, 0.2) is 6.10 Å². The summed E-state index contributed by atoms with van der Waals surface area (Å²) in [6.07, 6.45) is 2.04. The number of fused-ring (bicyclic) bond motifs is 6. The van der Waals surface area contributed by atoms with Gasteiger partial charge in [0.1, 0.15) is 0 Å². The molecule has 2 heterocycles. The van der Waals surface area contributed by atoms with Crippen molar-refractivity contribution in [3.63, 3.8) is 0 Å². The maximum absolute atomic E-state index is 13.5. The molecular formula is C35H30N2O5. The number of Topliss-reactive ketones (excluding diaryl/α,β-unsaturated/α-hetero) is 1. The minimum atomic E-state index is -0.985. The minimum absolute atomic E-state index is 0.0997. The molecule has 3 fully saturated rings. The molecule has 0 spiro atoms. The quantitative estimate of drug-likeness (QED) is 0.160. The molecular weight excluding hydrogens is 528 g/mol. The summed E-state index contributed by atoms with van der Waals surface area (Å²) in [5.74, 6) is -0.912. The van der Waals surface area contributed by atoms with E-state index in [4.69, 9.17) is 9.72 Å². The van der Waals surface area contributed by atoms with E-state index in [1.165, 1.54) is 4.90 Å². The van der Waals surface area contributed by atoms with E-state index in [1.54, 1.807) is 49.4 Å². The second kappa shape index (κ2) is 10.0. The number of para-hydroxylation sites is 1. The number of aromatic nitrogens is 1. The van der Waals surface area contributed by atoms with Gasteiger partial charge in [0, 0.05) is 16.5 Å². The van der Waals surface area contributed by atoms with Gasteiger partial charge in [-0.3, -0.25) is 19.3 Å². The van der Waals surface area contributed by atoms with E-state index < -0.39 is 12.1 Å². The van der Waals surface area contributed by atoms with Crippen molar-refractivity contribution in [3.05, 3.63) is 95.6 Å². The largest absolute Gasteiger partial charge is 0.451 e. The van der Waals surface area contributed by atoms with Crippen LogP contribution in [0.15, 0.2) is 78.9 Å². The fraction of sp³-hybridized carbons (Fsp3) is 0.286. The summed E-state index contributed by atoms with van der Waals surface area (Å²) in [5, 5.41) is 0.602. The van der Waals surface area contributed by atoms with Crippen LogP contribution < -0.4 is 4.90 Å². The molecule has 7 rings (SSSR count). The Kier molecular flexibility index (Phi) is 6.26. The van der Waals surface area contributed by atoms with Crippen molar-refractivity contribution in [3.8, 4) is 11.3 Å². The number of amides is 2. The number of ketones is 1. The molecule has 1 aliphatic heterocycles. The first-order valence-corrected chi connectivity index (χ1v) is 14.5. The lowest BCUT2D eigenvalue weighted by Gasteiger charge is -2.19. The van der Waals surface area contributed by atoms with Crippen LogP contribution in [-0.4, -0.2) is 34.7 Å². The molecule has 2 saturated carbocycles. The van der Waals surface area contributed by atoms with Crippen LogP contribution in [0, 0.1) is 30.6 Å². The van der Waals surface area contributed by atoms with Crippen LogP contribution in [0.2, 0.25) is 0 Å². The van der Waals surface area contributed by atoms with Gasteiger partial charge < -0.3 is 4.74 Å². The number of aryl methyl sites for hydroxylation is 1. The van der Waals surface area contributed by atoms with Crippen molar-refractivity contribution in [1.29, 1.82) is 0 Å². The Balaban J connectivity index is 1.20. The highest BCUT2D eigenvalue weighted by atomic mass is 16.5. The number of hydrogen-bond donors (Lipinski definition) is 0. The van der Waals surface area contributed by atoms with E-state index in [0.29, 0.717) is 45.2 Å². The molecule has 2 aliphatic carbocycles. The zero-order valence-electron chi connectivity index (χ0n) is 23.4. The fourth-order valence-electron chi connectivity index (χ4n) is 7.19. The molecule has 0 N–H and O–H groups in total. The van der Waals surface area contributed by atoms with Gasteiger partial charge in [-0.25, -0.2) is 9.78 Å². The zero-order valence-corrected chi connectivity index (χ0v) is 23.4. The lowest BCUT2D eigenvalue weighted by molar-refractivity contribution is -0.123. The maximum Gasteiger partial charge on any atom is 0.339 e. The average Bonchev–Trinajstić information content (AvgIpc) is 3.70. The molecule has 5 atom stereocenters. The molecule has 42 heavy (non-hydrogen) atoms. The average molecular weight is 559 g/mol. The number of pyridine rings is 1. The summed E-state index contributed by atoms with van der Waals surface area (Å²) in [6.45, 7) is 3.51. The number of ether oxygens (including phenoxy) is 1. The summed E-state index contributed by atoms with van der Waals surface area (Å²) in [7, 11) is 0. The summed E-state index contributed by atoms with van der Waals surface area (Å²) in [5.41, 5.74) is 4.06. The van der Waals surface area contributed by atoms with Gasteiger partial charge in [0.2, 0.25) is 17.6 Å². The smallest absolute Gasteiger partial charge is 0.339 e. The Labute approximate surface area is 243 Å². The Morgan fingerprint density at radius 1 is 0.881 bits per heavy atom. The third-order valence-electron chi connectivity index (χ3n) is 9.25. The summed E-state index contributed by atoms with van der Waals surface area (Å²) in [4.78, 5) is 59.5. The summed E-state index contributed by atoms with van der Waals surface area (Å²) < 4.78 is 5.67. The topological polar surface area (TPSA) is 93.6 Å². The standard InChI is InChI=1S/C35H30N2O5/c1-19-10-12-21(13-11-19)32(38)20(2)42-35(41)27-18-29(36-28-9-4-3-8-26(27)28)22-6-5-7-25(17-22)37-33(39)30-23-14-15-24(16-23)31(30)34(37)40/h3-13,17-18,20,23-24,30-31H,14-16H2,1-2H3/t20-,23-,24-,30-,31+/m0/s1. The lowest BCUT2D eigenvalue weighted by atomic mass is 9.81. The zero-order chi connectivity index (χ0) is 29.1. The van der Waals surface area contributed by atoms with Crippen molar-refractivity contribution in [2.45, 2.75) is 39.2 Å². The van der Waals surface area contributed by atoms with Crippen LogP contribution in [0.1, 0.15) is 52.5 Å². The molecule has 2 bridgehead atoms. The van der Waals surface area contributed by atoms with Crippen LogP contribution in [0.3, 0.4) is 0 Å². The Morgan fingerprint density at radius 3 is 2.29 bits per heavy atom. The van der Waals surface area contributed by atoms with E-state index >= 15 is 0 Å². The van der Waals surface area contributed by atoms with Crippen molar-refractivity contribution >= 4 is 40.2 Å². The van der Waals surface area contributed by atoms with Crippen LogP contribution in [-0.2, 0) is 14.3 Å². The maximum atomic E-state index is 13.5. The molecule has 7 nitrogen and oxygen atoms in total. The predicted molar refractivity (Wildman–Crippen MR) is 158 cm³/mol. The highest BCUT2D eigenvalue weighted by Crippen LogP contribution is 2.56. The summed E-state index contributed by atoms with van der Waals surface area (Å²) in [6, 6.07) is 23.2. The lowest BCUT2D eigenvalue weighted by Crippen LogP contribution is -2.32. The van der Waals surface area contributed by atoms with Crippen LogP contribution in [0.25, 0.3) is 22.2 Å². The van der Waals surface area contributed by atoms with Crippen LogP contribution >= 0.6 is 0 Å². The third-order valence-corrected chi connectivity index (χ3v) is 9.25. The first kappa shape index (κ1) is 26.3. The van der Waals surface area contributed by atoms with Crippen molar-refractivity contribution in [2.75, 3.05) is 4.90 Å². The molecule has 4 aromatic rings. The van der Waals surface area contributed by atoms with Crippen LogP contribution in [0.5, 0.6) is 0 Å². The fourth-order valence-corrected chi connectivity index (χ4v) is 7.19. The highest BCUT2D eigenvalue weighted by Gasteiger charge is 2.61. The Hall–Kier alpha value is -4.65. The van der Waals surface area contributed by atoms with Gasteiger partial charge in [0.25, 0.3) is 0 Å². The van der Waals surface area contributed by atoms with Crippen molar-refractivity contribution in [1.82, 2.24) is 4.98 Å². The van der Waals surface area contributed by atoms with E-state index in [9.17, 15) is 19.2 Å². The SMILES string of the molecule is Cc1ccc(C(=O)[C@H](C)OC(=O)c2cc(-c3cccc(N4C(=O)[C@@H]5[C@H]6CC[C@@H](C6)[C@@H]5C4=O)c3)nc3ccccc23)cc1. The van der Waals surface area contributed by atoms with E-state index in [2.05, 4.69) is 0 Å². The number of imide groups is 1. The van der Waals surface area contributed by atoms with E-state index in [0.717, 1.165) is 24.8 Å². The highest BCUT2D eigenvalue weighted by molar-refractivity contribution is 6.22. The number of nitrogens with zero attached hydrogens (tertiary/aromatic N) is 2. The predicted octanol–water partition coefficient (Wildman–Crippen LogP) is 6.17. The number of carbonyl (C=O) groups is 4. The van der Waals surface area contributed by atoms with Crippen molar-refractivity contribution in [2.24, 2.45) is 23.7 Å². The molecule has 0 unspecified atom stereocenters. The Bertz CT molecular complexity index is 1750. The van der Waals surface area contributed by atoms with Gasteiger partial charge in [-0.2, -0.15) is 0 Å². The number of benzene rings is 3. The van der Waals surface area contributed by atoms with Crippen molar-refractivity contribution < 1.29 is 23.9 Å². The first-order valence-electron chi connectivity index (χ1n) is 14.5. The van der Waals surface area contributed by atoms with E-state index in [-0.39, 0.29) is 35.0 Å². The number of hydrogen-bond acceptors (Lipinski definition) is 6. The van der Waals surface area contributed by atoms with Gasteiger partial charge >= 0.3 is 5.97 Å². The molecule has 3 aromatic carbocycles. The monoisotopic (exact) mass is 558 g/mol. The Morgan fingerprint density at radius 2 is 1.57 bits per heavy atom. The normalized spacial score (nSPS) is 23.3. The van der Waals surface area contributed by atoms with Gasteiger partial charge in [-0.05, 0) is 69.2 Å². The first-order chi connectivity index (χ1) is 20.3. The van der Waals surface area contributed by atoms with Gasteiger partial charge in [-0.1, -0.05) is 60.2 Å². The molecule has 1 saturated heterocycles. The summed E-state index contributed by atoms with van der Waals surface area (Å²) >= 11 is 0. The number of rotatable bonds is 6.